The second-order valence-corrected chi connectivity index (χ2v) is 11.4. The topological polar surface area (TPSA) is 66.5 Å². The Balaban J connectivity index is 1.44. The molecule has 34 heavy (non-hydrogen) atoms. The maximum absolute atomic E-state index is 15.0. The van der Waals surface area contributed by atoms with Crippen molar-refractivity contribution in [3.05, 3.63) is 47.2 Å². The lowest BCUT2D eigenvalue weighted by Crippen LogP contribution is -2.44. The summed E-state index contributed by atoms with van der Waals surface area (Å²) in [5.41, 5.74) is 2.31. The van der Waals surface area contributed by atoms with Crippen LogP contribution in [0.25, 0.3) is 15.8 Å². The minimum atomic E-state index is -0.540. The number of halogens is 1. The first-order chi connectivity index (χ1) is 16.2. The van der Waals surface area contributed by atoms with Crippen LogP contribution in [0.15, 0.2) is 41.4 Å². The second-order valence-electron chi connectivity index (χ2n) is 9.38. The number of pyridine rings is 1. The molecule has 5 rings (SSSR count). The highest BCUT2D eigenvalue weighted by atomic mass is 32.2. The average Bonchev–Trinajstić information content (AvgIpc) is 3.42. The van der Waals surface area contributed by atoms with Crippen LogP contribution in [0, 0.1) is 5.82 Å². The zero-order valence-corrected chi connectivity index (χ0v) is 21.2. The van der Waals surface area contributed by atoms with Crippen LogP contribution in [0.1, 0.15) is 39.0 Å². The zero-order chi connectivity index (χ0) is 24.0. The summed E-state index contributed by atoms with van der Waals surface area (Å²) in [6, 6.07) is 7.53. The fourth-order valence-electron chi connectivity index (χ4n) is 4.23. The summed E-state index contributed by atoms with van der Waals surface area (Å²) in [4.78, 5) is 21.9. The van der Waals surface area contributed by atoms with E-state index >= 15 is 4.39 Å². The number of thioether (sulfide) groups is 1. The van der Waals surface area contributed by atoms with Gasteiger partial charge in [-0.1, -0.05) is 6.08 Å². The molecule has 2 aliphatic rings. The Morgan fingerprint density at radius 2 is 2.12 bits per heavy atom. The van der Waals surface area contributed by atoms with Gasteiger partial charge in [-0.05, 0) is 64.0 Å². The van der Waals surface area contributed by atoms with E-state index in [1.165, 1.54) is 0 Å². The Morgan fingerprint density at radius 1 is 1.29 bits per heavy atom. The molecule has 1 amide bonds. The number of benzene rings is 1. The van der Waals surface area contributed by atoms with Crippen molar-refractivity contribution >= 4 is 62.0 Å². The number of ether oxygens (including phenoxy) is 1. The molecule has 6 nitrogen and oxygen atoms in total. The molecule has 0 radical (unpaired) electrons. The van der Waals surface area contributed by atoms with E-state index in [1.807, 2.05) is 39.8 Å². The molecule has 0 spiro atoms. The standard InChI is InChI=1S/C25H27FN4O2S2/c1-14-15(6-5-11-30(14)24(31)32-25(2,3)4)20-12-16-17(9-10-27-23(16)34-20)29-18-7-8-19-22(21(18)26)28-13-33-19/h6-10,12,14,28H,5,11,13H2,1-4H3,(H,27,29)/t14-/m1/s1. The molecule has 0 fully saturated rings. The number of hydrogen-bond donors (Lipinski definition) is 2. The third-order valence-electron chi connectivity index (χ3n) is 5.85. The molecular formula is C25H27FN4O2S2. The van der Waals surface area contributed by atoms with E-state index in [9.17, 15) is 4.79 Å². The number of amides is 1. The molecule has 2 aliphatic heterocycles. The highest BCUT2D eigenvalue weighted by Gasteiger charge is 2.31. The second kappa shape index (κ2) is 8.78. The summed E-state index contributed by atoms with van der Waals surface area (Å²) in [7, 11) is 0. The Morgan fingerprint density at radius 3 is 2.91 bits per heavy atom. The van der Waals surface area contributed by atoms with Crippen molar-refractivity contribution in [1.82, 2.24) is 9.88 Å². The number of thiophene rings is 1. The molecular weight excluding hydrogens is 471 g/mol. The zero-order valence-electron chi connectivity index (χ0n) is 19.6. The van der Waals surface area contributed by atoms with Gasteiger partial charge in [0.2, 0.25) is 0 Å². The Bertz CT molecular complexity index is 1300. The first kappa shape index (κ1) is 23.0. The lowest BCUT2D eigenvalue weighted by Gasteiger charge is -2.35. The molecule has 3 aromatic rings. The van der Waals surface area contributed by atoms with E-state index < -0.39 is 5.60 Å². The van der Waals surface area contributed by atoms with Crippen LogP contribution in [0.3, 0.4) is 0 Å². The van der Waals surface area contributed by atoms with E-state index in [4.69, 9.17) is 4.74 Å². The predicted molar refractivity (Wildman–Crippen MR) is 139 cm³/mol. The molecule has 1 aromatic carbocycles. The van der Waals surface area contributed by atoms with Crippen molar-refractivity contribution in [2.24, 2.45) is 0 Å². The highest BCUT2D eigenvalue weighted by molar-refractivity contribution is 7.99. The molecule has 0 saturated carbocycles. The van der Waals surface area contributed by atoms with Gasteiger partial charge in [-0.3, -0.25) is 0 Å². The smallest absolute Gasteiger partial charge is 0.410 e. The van der Waals surface area contributed by atoms with Gasteiger partial charge in [-0.15, -0.1) is 23.1 Å². The number of nitrogens with zero attached hydrogens (tertiary/aromatic N) is 2. The van der Waals surface area contributed by atoms with Gasteiger partial charge in [0.05, 0.1) is 29.0 Å². The van der Waals surface area contributed by atoms with Gasteiger partial charge in [0, 0.05) is 27.9 Å². The number of nitrogens with one attached hydrogen (secondary N) is 2. The molecule has 0 unspecified atom stereocenters. The van der Waals surface area contributed by atoms with Crippen molar-refractivity contribution in [2.75, 3.05) is 23.1 Å². The maximum Gasteiger partial charge on any atom is 0.410 e. The summed E-state index contributed by atoms with van der Waals surface area (Å²) in [6.07, 6.45) is 4.38. The normalized spacial score (nSPS) is 17.9. The number of rotatable bonds is 3. The van der Waals surface area contributed by atoms with Crippen molar-refractivity contribution in [2.45, 2.75) is 50.7 Å². The maximum atomic E-state index is 15.0. The van der Waals surface area contributed by atoms with E-state index in [0.717, 1.165) is 37.7 Å². The molecule has 2 N–H and O–H groups in total. The third-order valence-corrected chi connectivity index (χ3v) is 7.88. The molecule has 1 atom stereocenters. The van der Waals surface area contributed by atoms with E-state index in [1.54, 1.807) is 40.3 Å². The van der Waals surface area contributed by atoms with E-state index in [2.05, 4.69) is 27.8 Å². The monoisotopic (exact) mass is 498 g/mol. The van der Waals surface area contributed by atoms with Crippen molar-refractivity contribution < 1.29 is 13.9 Å². The molecule has 0 aliphatic carbocycles. The fourth-order valence-corrected chi connectivity index (χ4v) is 6.22. The fraction of sp³-hybridized carbons (Fsp3) is 0.360. The van der Waals surface area contributed by atoms with Gasteiger partial charge in [-0.25, -0.2) is 14.2 Å². The third kappa shape index (κ3) is 4.34. The predicted octanol–water partition coefficient (Wildman–Crippen LogP) is 7.07. The number of carbonyl (C=O) groups is 1. The molecule has 178 valence electrons. The van der Waals surface area contributed by atoms with Gasteiger partial charge < -0.3 is 20.3 Å². The molecule has 4 heterocycles. The van der Waals surface area contributed by atoms with Crippen LogP contribution in [-0.2, 0) is 4.74 Å². The molecule has 0 saturated heterocycles. The SMILES string of the molecule is C[C@@H]1C(c2cc3c(Nc4ccc5c(c4F)NCS5)ccnc3s2)=CCCN1C(=O)OC(C)(C)C. The number of aromatic nitrogens is 1. The number of carbonyl (C=O) groups excluding carboxylic acids is 1. The lowest BCUT2D eigenvalue weighted by molar-refractivity contribution is 0.0214. The lowest BCUT2D eigenvalue weighted by atomic mass is 10.00. The van der Waals surface area contributed by atoms with Crippen LogP contribution in [0.5, 0.6) is 0 Å². The Kier molecular flexibility index (Phi) is 5.93. The Hall–Kier alpha value is -2.78. The first-order valence-electron chi connectivity index (χ1n) is 11.3. The first-order valence-corrected chi connectivity index (χ1v) is 13.1. The summed E-state index contributed by atoms with van der Waals surface area (Å²) in [5.74, 6) is 0.399. The highest BCUT2D eigenvalue weighted by Crippen LogP contribution is 2.41. The largest absolute Gasteiger partial charge is 0.444 e. The number of fused-ring (bicyclic) bond motifs is 2. The van der Waals surface area contributed by atoms with E-state index in [-0.39, 0.29) is 18.0 Å². The molecule has 0 bridgehead atoms. The average molecular weight is 499 g/mol. The summed E-state index contributed by atoms with van der Waals surface area (Å²) >= 11 is 3.17. The van der Waals surface area contributed by atoms with Crippen molar-refractivity contribution in [3.63, 3.8) is 0 Å². The van der Waals surface area contributed by atoms with Crippen LogP contribution in [0.4, 0.5) is 26.2 Å². The van der Waals surface area contributed by atoms with Crippen LogP contribution >= 0.6 is 23.1 Å². The summed E-state index contributed by atoms with van der Waals surface area (Å²) in [5, 5.41) is 7.29. The minimum Gasteiger partial charge on any atom is -0.444 e. The van der Waals surface area contributed by atoms with Gasteiger partial charge in [-0.2, -0.15) is 0 Å². The van der Waals surface area contributed by atoms with Crippen LogP contribution in [-0.4, -0.2) is 40.0 Å². The molecule has 9 heteroatoms. The van der Waals surface area contributed by atoms with Crippen LogP contribution < -0.4 is 10.6 Å². The summed E-state index contributed by atoms with van der Waals surface area (Å²) in [6.45, 7) is 8.28. The summed E-state index contributed by atoms with van der Waals surface area (Å²) < 4.78 is 20.7. The van der Waals surface area contributed by atoms with Gasteiger partial charge in [0.15, 0.2) is 5.82 Å². The van der Waals surface area contributed by atoms with Gasteiger partial charge >= 0.3 is 6.09 Å². The minimum absolute atomic E-state index is 0.120. The molecule has 2 aromatic heterocycles. The van der Waals surface area contributed by atoms with E-state index in [0.29, 0.717) is 23.8 Å². The van der Waals surface area contributed by atoms with Gasteiger partial charge in [0.25, 0.3) is 0 Å². The quantitative estimate of drug-likeness (QED) is 0.403. The number of anilines is 3. The Labute approximate surface area is 206 Å². The van der Waals surface area contributed by atoms with Gasteiger partial charge in [0.1, 0.15) is 10.4 Å². The number of hydrogen-bond acceptors (Lipinski definition) is 7. The van der Waals surface area contributed by atoms with Crippen molar-refractivity contribution in [3.8, 4) is 0 Å². The van der Waals surface area contributed by atoms with Crippen LogP contribution in [0.2, 0.25) is 0 Å². The van der Waals surface area contributed by atoms with Crippen molar-refractivity contribution in [1.29, 1.82) is 0 Å².